The molecule has 0 atom stereocenters. The number of nitrogens with two attached hydrogens (primary N) is 1. The van der Waals surface area contributed by atoms with Crippen molar-refractivity contribution in [2.75, 3.05) is 31.1 Å². The summed E-state index contributed by atoms with van der Waals surface area (Å²) in [4.78, 5) is 22.7. The Morgan fingerprint density at radius 2 is 1.91 bits per heavy atom. The summed E-state index contributed by atoms with van der Waals surface area (Å²) >= 11 is 1.66. The SMILES string of the molecule is Cc1ncc(CN=C(N)N2CCN(c3ncccn3)CC2)s1.I. The van der Waals surface area contributed by atoms with Gasteiger partial charge >= 0.3 is 0 Å². The number of halogens is 1. The third kappa shape index (κ3) is 4.74. The van der Waals surface area contributed by atoms with Gasteiger partial charge in [-0.1, -0.05) is 0 Å². The van der Waals surface area contributed by atoms with Gasteiger partial charge < -0.3 is 15.5 Å². The first-order valence-corrected chi connectivity index (χ1v) is 8.02. The Labute approximate surface area is 156 Å². The fourth-order valence-corrected chi connectivity index (χ4v) is 3.05. The lowest BCUT2D eigenvalue weighted by Gasteiger charge is -2.35. The van der Waals surface area contributed by atoms with Gasteiger partial charge in [-0.15, -0.1) is 35.3 Å². The van der Waals surface area contributed by atoms with Crippen molar-refractivity contribution in [2.45, 2.75) is 13.5 Å². The van der Waals surface area contributed by atoms with Crippen LogP contribution in [-0.2, 0) is 6.54 Å². The number of aliphatic imine (C=N–C) groups is 1. The van der Waals surface area contributed by atoms with E-state index in [0.29, 0.717) is 12.5 Å². The van der Waals surface area contributed by atoms with Gasteiger partial charge in [-0.25, -0.2) is 19.9 Å². The molecule has 2 N–H and O–H groups in total. The van der Waals surface area contributed by atoms with Crippen molar-refractivity contribution < 1.29 is 0 Å². The van der Waals surface area contributed by atoms with Gasteiger partial charge in [0.15, 0.2) is 5.96 Å². The van der Waals surface area contributed by atoms with E-state index >= 15 is 0 Å². The molecule has 1 aliphatic heterocycles. The quantitative estimate of drug-likeness (QED) is 0.438. The summed E-state index contributed by atoms with van der Waals surface area (Å²) in [6, 6.07) is 1.82. The molecule has 1 saturated heterocycles. The molecule has 0 radical (unpaired) electrons. The molecule has 0 amide bonds. The van der Waals surface area contributed by atoms with E-state index in [1.165, 1.54) is 0 Å². The first kappa shape index (κ1) is 17.9. The van der Waals surface area contributed by atoms with E-state index in [4.69, 9.17) is 5.73 Å². The summed E-state index contributed by atoms with van der Waals surface area (Å²) in [6.45, 7) is 5.94. The van der Waals surface area contributed by atoms with Gasteiger partial charge in [0, 0.05) is 49.6 Å². The molecule has 0 saturated carbocycles. The summed E-state index contributed by atoms with van der Waals surface area (Å²) in [7, 11) is 0. The molecule has 1 fully saturated rings. The first-order valence-electron chi connectivity index (χ1n) is 7.20. The standard InChI is InChI=1S/C14H19N7S.HI/c1-11-18-9-12(22-11)10-19-13(15)20-5-7-21(8-6-20)14-16-3-2-4-17-14;/h2-4,9H,5-8,10H2,1H3,(H2,15,19);1H. The lowest BCUT2D eigenvalue weighted by atomic mass is 10.3. The van der Waals surface area contributed by atoms with E-state index in [1.807, 2.05) is 19.2 Å². The number of aryl methyl sites for hydroxylation is 1. The smallest absolute Gasteiger partial charge is 0.225 e. The second-order valence-electron chi connectivity index (χ2n) is 5.04. The Morgan fingerprint density at radius 1 is 1.22 bits per heavy atom. The second kappa shape index (κ2) is 8.39. The van der Waals surface area contributed by atoms with Gasteiger partial charge in [0.25, 0.3) is 0 Å². The summed E-state index contributed by atoms with van der Waals surface area (Å²) in [5.41, 5.74) is 6.10. The largest absolute Gasteiger partial charge is 0.370 e. The lowest BCUT2D eigenvalue weighted by Crippen LogP contribution is -2.51. The number of piperazine rings is 1. The maximum Gasteiger partial charge on any atom is 0.225 e. The Balaban J connectivity index is 0.00000192. The molecule has 3 heterocycles. The number of nitrogens with zero attached hydrogens (tertiary/aromatic N) is 6. The van der Waals surface area contributed by atoms with Crippen molar-refractivity contribution in [2.24, 2.45) is 10.7 Å². The number of hydrogen-bond acceptors (Lipinski definition) is 6. The van der Waals surface area contributed by atoms with Crippen LogP contribution in [0, 0.1) is 6.92 Å². The molecule has 3 rings (SSSR count). The van der Waals surface area contributed by atoms with Gasteiger partial charge in [-0.3, -0.25) is 0 Å². The number of thiazole rings is 1. The van der Waals surface area contributed by atoms with Crippen molar-refractivity contribution in [1.82, 2.24) is 19.9 Å². The highest BCUT2D eigenvalue weighted by Crippen LogP contribution is 2.13. The maximum absolute atomic E-state index is 6.10. The van der Waals surface area contributed by atoms with Crippen LogP contribution in [0.25, 0.3) is 0 Å². The number of guanidine groups is 1. The average molecular weight is 445 g/mol. The molecule has 124 valence electrons. The van der Waals surface area contributed by atoms with Crippen LogP contribution in [0.4, 0.5) is 5.95 Å². The summed E-state index contributed by atoms with van der Waals surface area (Å²) < 4.78 is 0. The fraction of sp³-hybridized carbons (Fsp3) is 0.429. The zero-order chi connectivity index (χ0) is 15.4. The lowest BCUT2D eigenvalue weighted by molar-refractivity contribution is 0.378. The van der Waals surface area contributed by atoms with E-state index < -0.39 is 0 Å². The topological polar surface area (TPSA) is 83.5 Å². The molecule has 2 aromatic heterocycles. The molecule has 1 aliphatic rings. The van der Waals surface area contributed by atoms with Crippen LogP contribution < -0.4 is 10.6 Å². The van der Waals surface area contributed by atoms with Crippen molar-refractivity contribution in [1.29, 1.82) is 0 Å². The monoisotopic (exact) mass is 445 g/mol. The molecular formula is C14H20IN7S. The average Bonchev–Trinajstić information content (AvgIpc) is 2.99. The number of hydrogen-bond donors (Lipinski definition) is 1. The predicted molar refractivity (Wildman–Crippen MR) is 103 cm³/mol. The second-order valence-corrected chi connectivity index (χ2v) is 6.36. The number of aromatic nitrogens is 3. The maximum atomic E-state index is 6.10. The minimum absolute atomic E-state index is 0. The fourth-order valence-electron chi connectivity index (χ4n) is 2.33. The van der Waals surface area contributed by atoms with Crippen LogP contribution in [0.15, 0.2) is 29.6 Å². The van der Waals surface area contributed by atoms with Gasteiger partial charge in [-0.05, 0) is 13.0 Å². The Kier molecular flexibility index (Phi) is 6.51. The van der Waals surface area contributed by atoms with Gasteiger partial charge in [0.2, 0.25) is 5.95 Å². The number of rotatable bonds is 3. The predicted octanol–water partition coefficient (Wildman–Crippen LogP) is 1.50. The molecule has 0 aromatic carbocycles. The van der Waals surface area contributed by atoms with Gasteiger partial charge in [0.1, 0.15) is 0 Å². The third-order valence-electron chi connectivity index (χ3n) is 3.50. The highest BCUT2D eigenvalue weighted by molar-refractivity contribution is 14.0. The highest BCUT2D eigenvalue weighted by atomic mass is 127. The van der Waals surface area contributed by atoms with Crippen LogP contribution in [0.5, 0.6) is 0 Å². The molecule has 0 aliphatic carbocycles. The van der Waals surface area contributed by atoms with Crippen molar-refractivity contribution >= 4 is 47.2 Å². The normalized spacial score (nSPS) is 15.4. The van der Waals surface area contributed by atoms with Crippen molar-refractivity contribution in [3.8, 4) is 0 Å². The van der Waals surface area contributed by atoms with E-state index in [0.717, 1.165) is 42.0 Å². The minimum atomic E-state index is 0. The van der Waals surface area contributed by atoms with Crippen LogP contribution in [0.1, 0.15) is 9.88 Å². The van der Waals surface area contributed by atoms with E-state index in [2.05, 4.69) is 29.7 Å². The molecule has 0 unspecified atom stereocenters. The number of anilines is 1. The zero-order valence-corrected chi connectivity index (χ0v) is 16.1. The molecule has 0 spiro atoms. The summed E-state index contributed by atoms with van der Waals surface area (Å²) in [5.74, 6) is 1.37. The van der Waals surface area contributed by atoms with Crippen LogP contribution in [-0.4, -0.2) is 52.0 Å². The Morgan fingerprint density at radius 3 is 2.52 bits per heavy atom. The molecule has 9 heteroatoms. The van der Waals surface area contributed by atoms with Crippen molar-refractivity contribution in [3.63, 3.8) is 0 Å². The van der Waals surface area contributed by atoms with Crippen LogP contribution >= 0.6 is 35.3 Å². The molecule has 23 heavy (non-hydrogen) atoms. The molecule has 0 bridgehead atoms. The van der Waals surface area contributed by atoms with Crippen molar-refractivity contribution in [3.05, 3.63) is 34.5 Å². The minimum Gasteiger partial charge on any atom is -0.370 e. The van der Waals surface area contributed by atoms with Crippen LogP contribution in [0.2, 0.25) is 0 Å². The third-order valence-corrected chi connectivity index (χ3v) is 4.40. The first-order chi connectivity index (χ1) is 10.7. The zero-order valence-electron chi connectivity index (χ0n) is 12.9. The molecular weight excluding hydrogens is 425 g/mol. The van der Waals surface area contributed by atoms with E-state index in [-0.39, 0.29) is 24.0 Å². The van der Waals surface area contributed by atoms with Gasteiger partial charge in [0.05, 0.1) is 11.6 Å². The molecule has 7 nitrogen and oxygen atoms in total. The Bertz CT molecular complexity index is 638. The summed E-state index contributed by atoms with van der Waals surface area (Å²) in [5, 5.41) is 1.06. The Hall–Kier alpha value is -1.49. The summed E-state index contributed by atoms with van der Waals surface area (Å²) in [6.07, 6.45) is 5.39. The molecule has 2 aromatic rings. The van der Waals surface area contributed by atoms with E-state index in [9.17, 15) is 0 Å². The van der Waals surface area contributed by atoms with E-state index in [1.54, 1.807) is 23.7 Å². The van der Waals surface area contributed by atoms with Gasteiger partial charge in [-0.2, -0.15) is 0 Å². The van der Waals surface area contributed by atoms with Crippen LogP contribution in [0.3, 0.4) is 0 Å². The highest BCUT2D eigenvalue weighted by Gasteiger charge is 2.19.